The van der Waals surface area contributed by atoms with Crippen LogP contribution in [0.3, 0.4) is 0 Å². The number of nitrogens with one attached hydrogen (secondary N) is 1. The van der Waals surface area contributed by atoms with Crippen LogP contribution in [0.5, 0.6) is 0 Å². The zero-order chi connectivity index (χ0) is 17.2. The highest BCUT2D eigenvalue weighted by Gasteiger charge is 2.33. The first-order valence-corrected chi connectivity index (χ1v) is 7.43. The molecule has 0 aliphatic heterocycles. The second-order valence-corrected chi connectivity index (χ2v) is 5.19. The number of carbonyl (C=O) groups excluding carboxylic acids is 1. The van der Waals surface area contributed by atoms with Crippen LogP contribution in [0.15, 0.2) is 42.7 Å². The first kappa shape index (κ1) is 16.0. The van der Waals surface area contributed by atoms with Crippen molar-refractivity contribution >= 4 is 11.6 Å². The van der Waals surface area contributed by atoms with E-state index in [4.69, 9.17) is 0 Å². The van der Waals surface area contributed by atoms with Crippen LogP contribution in [-0.4, -0.2) is 32.0 Å². The largest absolute Gasteiger partial charge is 0.345 e. The Balaban J connectivity index is 1.80. The Hall–Kier alpha value is -2.90. The minimum atomic E-state index is -3.26. The van der Waals surface area contributed by atoms with E-state index in [0.29, 0.717) is 17.9 Å². The first-order chi connectivity index (χ1) is 11.5. The van der Waals surface area contributed by atoms with Crippen molar-refractivity contribution in [1.29, 1.82) is 0 Å². The number of aromatic nitrogens is 4. The summed E-state index contributed by atoms with van der Waals surface area (Å²) >= 11 is 0. The summed E-state index contributed by atoms with van der Waals surface area (Å²) < 4.78 is 29.9. The second-order valence-electron chi connectivity index (χ2n) is 5.19. The molecule has 3 aromatic rings. The summed E-state index contributed by atoms with van der Waals surface area (Å²) in [4.78, 5) is 15.9. The van der Waals surface area contributed by atoms with Crippen molar-refractivity contribution in [2.75, 3.05) is 6.54 Å². The molecule has 0 spiro atoms. The average Bonchev–Trinajstić information content (AvgIpc) is 3.03. The molecule has 0 aromatic carbocycles. The Kier molecular flexibility index (Phi) is 4.20. The van der Waals surface area contributed by atoms with Gasteiger partial charge in [0, 0.05) is 18.8 Å². The Morgan fingerprint density at radius 3 is 2.79 bits per heavy atom. The van der Waals surface area contributed by atoms with Gasteiger partial charge in [0.25, 0.3) is 5.91 Å². The zero-order valence-electron chi connectivity index (χ0n) is 12.9. The highest BCUT2D eigenvalue weighted by atomic mass is 19.3. The van der Waals surface area contributed by atoms with Gasteiger partial charge in [-0.2, -0.15) is 8.78 Å². The molecule has 0 unspecified atom stereocenters. The number of pyridine rings is 2. The Morgan fingerprint density at radius 1 is 1.25 bits per heavy atom. The van der Waals surface area contributed by atoms with Crippen molar-refractivity contribution in [3.63, 3.8) is 0 Å². The van der Waals surface area contributed by atoms with Crippen molar-refractivity contribution in [2.45, 2.75) is 19.3 Å². The van der Waals surface area contributed by atoms with Crippen molar-refractivity contribution in [3.8, 4) is 0 Å². The van der Waals surface area contributed by atoms with Crippen LogP contribution in [0.25, 0.3) is 5.65 Å². The van der Waals surface area contributed by atoms with Gasteiger partial charge in [-0.3, -0.25) is 14.2 Å². The van der Waals surface area contributed by atoms with E-state index in [1.54, 1.807) is 22.7 Å². The Morgan fingerprint density at radius 2 is 2.08 bits per heavy atom. The normalized spacial score (nSPS) is 11.6. The van der Waals surface area contributed by atoms with Crippen LogP contribution in [0.2, 0.25) is 0 Å². The molecule has 0 bridgehead atoms. The SMILES string of the molecule is CCc1nnc2c(C(=O)NCC(F)(F)c3ccccn3)cccn12. The van der Waals surface area contributed by atoms with Crippen molar-refractivity contribution in [1.82, 2.24) is 24.9 Å². The molecule has 0 atom stereocenters. The van der Waals surface area contributed by atoms with Crippen LogP contribution in [0.4, 0.5) is 8.78 Å². The van der Waals surface area contributed by atoms with Gasteiger partial charge in [0.2, 0.25) is 0 Å². The van der Waals surface area contributed by atoms with E-state index >= 15 is 0 Å². The number of hydrogen-bond donors (Lipinski definition) is 1. The van der Waals surface area contributed by atoms with E-state index in [9.17, 15) is 13.6 Å². The standard InChI is InChI=1S/C16H15F2N5O/c1-2-13-21-22-14-11(6-5-9-23(13)14)15(24)20-10-16(17,18)12-7-3-4-8-19-12/h3-9H,2,10H2,1H3,(H,20,24). The molecule has 8 heteroatoms. The smallest absolute Gasteiger partial charge is 0.306 e. The maximum Gasteiger partial charge on any atom is 0.306 e. The number of fused-ring (bicyclic) bond motifs is 1. The molecule has 0 radical (unpaired) electrons. The lowest BCUT2D eigenvalue weighted by Gasteiger charge is -2.16. The number of alkyl halides is 2. The molecule has 3 heterocycles. The lowest BCUT2D eigenvalue weighted by Crippen LogP contribution is -2.35. The topological polar surface area (TPSA) is 72.2 Å². The molecule has 24 heavy (non-hydrogen) atoms. The molecule has 0 saturated carbocycles. The van der Waals surface area contributed by atoms with Crippen LogP contribution < -0.4 is 5.32 Å². The van der Waals surface area contributed by atoms with Crippen LogP contribution in [0, 0.1) is 0 Å². The van der Waals surface area contributed by atoms with Gasteiger partial charge in [-0.15, -0.1) is 10.2 Å². The number of carbonyl (C=O) groups is 1. The third-order valence-electron chi connectivity index (χ3n) is 3.58. The molecule has 0 aliphatic carbocycles. The highest BCUT2D eigenvalue weighted by molar-refractivity contribution is 5.99. The van der Waals surface area contributed by atoms with Crippen LogP contribution in [0.1, 0.15) is 28.8 Å². The maximum absolute atomic E-state index is 14.1. The average molecular weight is 331 g/mol. The monoisotopic (exact) mass is 331 g/mol. The van der Waals surface area contributed by atoms with E-state index in [0.717, 1.165) is 0 Å². The highest BCUT2D eigenvalue weighted by Crippen LogP contribution is 2.25. The van der Waals surface area contributed by atoms with Gasteiger partial charge >= 0.3 is 5.92 Å². The van der Waals surface area contributed by atoms with E-state index < -0.39 is 18.4 Å². The zero-order valence-corrected chi connectivity index (χ0v) is 12.9. The quantitative estimate of drug-likeness (QED) is 0.778. The fourth-order valence-electron chi connectivity index (χ4n) is 2.34. The van der Waals surface area contributed by atoms with Crippen molar-refractivity contribution in [2.24, 2.45) is 0 Å². The molecule has 124 valence electrons. The van der Waals surface area contributed by atoms with Gasteiger partial charge in [-0.1, -0.05) is 13.0 Å². The Bertz CT molecular complexity index is 863. The molecular weight excluding hydrogens is 316 g/mol. The second kappa shape index (κ2) is 6.31. The van der Waals surface area contributed by atoms with E-state index in [1.165, 1.54) is 24.4 Å². The predicted molar refractivity (Wildman–Crippen MR) is 82.8 cm³/mol. The summed E-state index contributed by atoms with van der Waals surface area (Å²) in [7, 11) is 0. The van der Waals surface area contributed by atoms with Crippen molar-refractivity contribution in [3.05, 3.63) is 59.8 Å². The third-order valence-corrected chi connectivity index (χ3v) is 3.58. The Labute approximate surface area is 136 Å². The first-order valence-electron chi connectivity index (χ1n) is 7.43. The molecule has 6 nitrogen and oxygen atoms in total. The summed E-state index contributed by atoms with van der Waals surface area (Å²) in [5.74, 6) is -3.20. The number of hydrogen-bond acceptors (Lipinski definition) is 4. The maximum atomic E-state index is 14.1. The fraction of sp³-hybridized carbons (Fsp3) is 0.250. The van der Waals surface area contributed by atoms with Gasteiger partial charge in [0.1, 0.15) is 11.5 Å². The molecular formula is C16H15F2N5O. The number of rotatable bonds is 5. The molecule has 3 aromatic heterocycles. The number of amides is 1. The van der Waals surface area contributed by atoms with Crippen LogP contribution >= 0.6 is 0 Å². The predicted octanol–water partition coefficient (Wildman–Crippen LogP) is 2.21. The number of nitrogens with zero attached hydrogens (tertiary/aromatic N) is 4. The lowest BCUT2D eigenvalue weighted by molar-refractivity contribution is -0.00675. The summed E-state index contributed by atoms with van der Waals surface area (Å²) in [6.07, 6.45) is 3.66. The van der Waals surface area contributed by atoms with Gasteiger partial charge < -0.3 is 5.32 Å². The van der Waals surface area contributed by atoms with E-state index in [2.05, 4.69) is 20.5 Å². The third kappa shape index (κ3) is 2.94. The molecule has 0 saturated heterocycles. The van der Waals surface area contributed by atoms with E-state index in [-0.39, 0.29) is 11.3 Å². The summed E-state index contributed by atoms with van der Waals surface area (Å²) in [5, 5.41) is 10.2. The molecule has 0 fully saturated rings. The lowest BCUT2D eigenvalue weighted by atomic mass is 10.2. The van der Waals surface area contributed by atoms with Crippen LogP contribution in [-0.2, 0) is 12.3 Å². The summed E-state index contributed by atoms with van der Waals surface area (Å²) in [6.45, 7) is 1.06. The number of aryl methyl sites for hydroxylation is 1. The molecule has 3 rings (SSSR count). The van der Waals surface area contributed by atoms with Gasteiger partial charge in [0.05, 0.1) is 12.1 Å². The molecule has 1 N–H and O–H groups in total. The van der Waals surface area contributed by atoms with Gasteiger partial charge in [-0.05, 0) is 24.3 Å². The van der Waals surface area contributed by atoms with Gasteiger partial charge in [-0.25, -0.2) is 0 Å². The van der Waals surface area contributed by atoms with Crippen molar-refractivity contribution < 1.29 is 13.6 Å². The van der Waals surface area contributed by atoms with E-state index in [1.807, 2.05) is 6.92 Å². The minimum Gasteiger partial charge on any atom is -0.345 e. The number of halogens is 2. The minimum absolute atomic E-state index is 0.196. The fourth-order valence-corrected chi connectivity index (χ4v) is 2.34. The summed E-state index contributed by atoms with van der Waals surface area (Å²) in [5.41, 5.74) is 0.147. The molecule has 0 aliphatic rings. The van der Waals surface area contributed by atoms with Gasteiger partial charge in [0.15, 0.2) is 5.65 Å². The summed E-state index contributed by atoms with van der Waals surface area (Å²) in [6, 6.07) is 7.43. The molecule has 1 amide bonds.